The first-order chi connectivity index (χ1) is 19.2. The molecule has 1 heterocycles. The normalized spacial score (nSPS) is 23.3. The number of carbonyl (C=O) groups excluding carboxylic acids is 5. The minimum Gasteiger partial charge on any atom is -0.462 e. The Morgan fingerprint density at radius 1 is 0.900 bits per heavy atom. The van der Waals surface area contributed by atoms with Crippen molar-refractivity contribution in [2.45, 2.75) is 32.7 Å². The number of nitrogens with one attached hydrogen (secondary N) is 1. The zero-order valence-corrected chi connectivity index (χ0v) is 22.4. The number of esters is 2. The van der Waals surface area contributed by atoms with E-state index in [0.717, 1.165) is 16.9 Å². The van der Waals surface area contributed by atoms with Gasteiger partial charge in [-0.25, -0.2) is 9.59 Å². The van der Waals surface area contributed by atoms with Crippen LogP contribution in [0.5, 0.6) is 0 Å². The fourth-order valence-corrected chi connectivity index (χ4v) is 5.80. The van der Waals surface area contributed by atoms with Crippen LogP contribution in [0.25, 0.3) is 0 Å². The van der Waals surface area contributed by atoms with Crippen molar-refractivity contribution < 1.29 is 33.4 Å². The van der Waals surface area contributed by atoms with Crippen LogP contribution in [0.15, 0.2) is 66.7 Å². The van der Waals surface area contributed by atoms with E-state index >= 15 is 0 Å². The summed E-state index contributed by atoms with van der Waals surface area (Å²) in [5.74, 6) is -3.20. The second-order valence-corrected chi connectivity index (χ2v) is 11.0. The van der Waals surface area contributed by atoms with E-state index in [4.69, 9.17) is 9.47 Å². The maximum atomic E-state index is 13.4. The van der Waals surface area contributed by atoms with Crippen LogP contribution in [0.4, 0.5) is 5.69 Å². The Labute approximate surface area is 232 Å². The SMILES string of the molecule is CC(C)COC(=O)c1ccc(NC(=O)COC(=O)[C@@H](Cc2ccccc2)N2C(=O)[C@@H]3[C@H](C2=O)[C@H]2C=C[C@H]3C2)cc1. The second-order valence-electron chi connectivity index (χ2n) is 11.0. The molecule has 3 aliphatic rings. The van der Waals surface area contributed by atoms with Gasteiger partial charge in [0.1, 0.15) is 6.04 Å². The number of amides is 3. The van der Waals surface area contributed by atoms with E-state index in [-0.39, 0.29) is 36.0 Å². The van der Waals surface area contributed by atoms with Gasteiger partial charge in [0.05, 0.1) is 24.0 Å². The van der Waals surface area contributed by atoms with E-state index in [9.17, 15) is 24.0 Å². The van der Waals surface area contributed by atoms with Gasteiger partial charge in [0.15, 0.2) is 6.61 Å². The summed E-state index contributed by atoms with van der Waals surface area (Å²) in [6.45, 7) is 3.59. The Balaban J connectivity index is 1.22. The fraction of sp³-hybridized carbons (Fsp3) is 0.387. The molecule has 3 amide bonds. The van der Waals surface area contributed by atoms with Crippen molar-refractivity contribution in [3.05, 3.63) is 77.9 Å². The Morgan fingerprint density at radius 3 is 2.12 bits per heavy atom. The molecular weight excluding hydrogens is 512 g/mol. The van der Waals surface area contributed by atoms with Crippen LogP contribution in [0.3, 0.4) is 0 Å². The quantitative estimate of drug-likeness (QED) is 0.277. The highest BCUT2D eigenvalue weighted by Crippen LogP contribution is 2.53. The number of carbonyl (C=O) groups is 5. The van der Waals surface area contributed by atoms with Gasteiger partial charge in [-0.3, -0.25) is 19.3 Å². The lowest BCUT2D eigenvalue weighted by Gasteiger charge is -2.26. The van der Waals surface area contributed by atoms with Crippen molar-refractivity contribution >= 4 is 35.3 Å². The number of allylic oxidation sites excluding steroid dienone is 2. The average Bonchev–Trinajstić information content (AvgIpc) is 3.64. The Hall–Kier alpha value is -4.27. The summed E-state index contributed by atoms with van der Waals surface area (Å²) in [4.78, 5) is 65.8. The number of likely N-dealkylation sites (tertiary alicyclic amines) is 1. The molecule has 5 rings (SSSR count). The molecular formula is C31H32N2O7. The summed E-state index contributed by atoms with van der Waals surface area (Å²) < 4.78 is 10.5. The molecule has 40 heavy (non-hydrogen) atoms. The van der Waals surface area contributed by atoms with Gasteiger partial charge in [0.2, 0.25) is 11.8 Å². The number of fused-ring (bicyclic) bond motifs is 5. The number of hydrogen-bond donors (Lipinski definition) is 1. The van der Waals surface area contributed by atoms with Gasteiger partial charge in [-0.05, 0) is 54.0 Å². The molecule has 1 saturated carbocycles. The Morgan fingerprint density at radius 2 is 1.52 bits per heavy atom. The molecule has 0 aromatic heterocycles. The first-order valence-electron chi connectivity index (χ1n) is 13.6. The van der Waals surface area contributed by atoms with Crippen LogP contribution in [-0.2, 0) is 35.1 Å². The smallest absolute Gasteiger partial charge is 0.338 e. The van der Waals surface area contributed by atoms with Gasteiger partial charge in [-0.1, -0.05) is 56.3 Å². The maximum Gasteiger partial charge on any atom is 0.338 e. The van der Waals surface area contributed by atoms with E-state index in [1.165, 1.54) is 12.1 Å². The first kappa shape index (κ1) is 27.3. The zero-order valence-electron chi connectivity index (χ0n) is 22.4. The van der Waals surface area contributed by atoms with Crippen LogP contribution in [0.1, 0.15) is 36.2 Å². The third kappa shape index (κ3) is 5.54. The summed E-state index contributed by atoms with van der Waals surface area (Å²) >= 11 is 0. The van der Waals surface area contributed by atoms with Crippen LogP contribution < -0.4 is 5.32 Å². The van der Waals surface area contributed by atoms with Crippen LogP contribution >= 0.6 is 0 Å². The second kappa shape index (κ2) is 11.5. The number of anilines is 1. The molecule has 9 heteroatoms. The fourth-order valence-electron chi connectivity index (χ4n) is 5.80. The standard InChI is InChI=1S/C31H32N2O7/c1-18(2)16-39-30(37)20-10-12-23(13-11-20)32-25(34)17-40-31(38)24(14-19-6-4-3-5-7-19)33-28(35)26-21-8-9-22(15-21)27(26)29(33)36/h3-13,18,21-22,24,26-27H,14-17H2,1-2H3,(H,32,34)/t21-,22-,24+,26-,27+/m0/s1. The van der Waals surface area contributed by atoms with Crippen molar-refractivity contribution in [1.29, 1.82) is 0 Å². The average molecular weight is 545 g/mol. The number of benzene rings is 2. The lowest BCUT2D eigenvalue weighted by molar-refractivity contribution is -0.160. The van der Waals surface area contributed by atoms with Gasteiger partial charge in [-0.2, -0.15) is 0 Å². The van der Waals surface area contributed by atoms with Crippen molar-refractivity contribution in [2.24, 2.45) is 29.6 Å². The first-order valence-corrected chi connectivity index (χ1v) is 13.6. The van der Waals surface area contributed by atoms with E-state index in [1.807, 2.05) is 56.3 Å². The number of nitrogens with zero attached hydrogens (tertiary/aromatic N) is 1. The third-order valence-corrected chi connectivity index (χ3v) is 7.66. The monoisotopic (exact) mass is 544 g/mol. The Kier molecular flexibility index (Phi) is 7.82. The molecule has 2 aromatic carbocycles. The van der Waals surface area contributed by atoms with E-state index in [1.54, 1.807) is 12.1 Å². The van der Waals surface area contributed by atoms with E-state index < -0.39 is 42.3 Å². The highest BCUT2D eigenvalue weighted by Gasteiger charge is 2.61. The summed E-state index contributed by atoms with van der Waals surface area (Å²) in [6.07, 6.45) is 4.87. The number of rotatable bonds is 10. The molecule has 0 radical (unpaired) electrons. The van der Waals surface area contributed by atoms with Gasteiger partial charge < -0.3 is 14.8 Å². The Bertz CT molecular complexity index is 1310. The predicted molar refractivity (Wildman–Crippen MR) is 145 cm³/mol. The predicted octanol–water partition coefficient (Wildman–Crippen LogP) is 3.40. The molecule has 2 aliphatic carbocycles. The minimum absolute atomic E-state index is 0.0130. The van der Waals surface area contributed by atoms with Crippen molar-refractivity contribution in [3.63, 3.8) is 0 Å². The van der Waals surface area contributed by atoms with Crippen molar-refractivity contribution in [3.8, 4) is 0 Å². The van der Waals surface area contributed by atoms with E-state index in [2.05, 4.69) is 5.32 Å². The van der Waals surface area contributed by atoms with E-state index in [0.29, 0.717) is 17.9 Å². The molecule has 5 atom stereocenters. The maximum absolute atomic E-state index is 13.4. The molecule has 2 aromatic rings. The van der Waals surface area contributed by atoms with Crippen LogP contribution in [0.2, 0.25) is 0 Å². The molecule has 0 spiro atoms. The van der Waals surface area contributed by atoms with Crippen molar-refractivity contribution in [2.75, 3.05) is 18.5 Å². The lowest BCUT2D eigenvalue weighted by atomic mass is 9.85. The number of ether oxygens (including phenoxy) is 2. The van der Waals surface area contributed by atoms with Crippen LogP contribution in [-0.4, -0.2) is 53.8 Å². The molecule has 2 fully saturated rings. The van der Waals surface area contributed by atoms with Gasteiger partial charge in [0.25, 0.3) is 5.91 Å². The molecule has 2 bridgehead atoms. The van der Waals surface area contributed by atoms with Crippen LogP contribution in [0, 0.1) is 29.6 Å². The molecule has 1 saturated heterocycles. The van der Waals surface area contributed by atoms with Gasteiger partial charge in [-0.15, -0.1) is 0 Å². The molecule has 0 unspecified atom stereocenters. The van der Waals surface area contributed by atoms with Gasteiger partial charge >= 0.3 is 11.9 Å². The highest BCUT2D eigenvalue weighted by molar-refractivity contribution is 6.09. The summed E-state index contributed by atoms with van der Waals surface area (Å²) in [5, 5.41) is 2.62. The third-order valence-electron chi connectivity index (χ3n) is 7.66. The molecule has 1 aliphatic heterocycles. The molecule has 208 valence electrons. The molecule has 1 N–H and O–H groups in total. The number of imide groups is 1. The highest BCUT2D eigenvalue weighted by atomic mass is 16.5. The zero-order chi connectivity index (χ0) is 28.4. The summed E-state index contributed by atoms with van der Waals surface area (Å²) in [6, 6.07) is 14.1. The molecule has 9 nitrogen and oxygen atoms in total. The minimum atomic E-state index is -1.17. The summed E-state index contributed by atoms with van der Waals surface area (Å²) in [7, 11) is 0. The van der Waals surface area contributed by atoms with Crippen molar-refractivity contribution in [1.82, 2.24) is 4.90 Å². The largest absolute Gasteiger partial charge is 0.462 e. The topological polar surface area (TPSA) is 119 Å². The van der Waals surface area contributed by atoms with Gasteiger partial charge in [0, 0.05) is 12.1 Å². The lowest BCUT2D eigenvalue weighted by Crippen LogP contribution is -2.48. The summed E-state index contributed by atoms with van der Waals surface area (Å²) in [5.41, 5.74) is 1.52. The number of hydrogen-bond acceptors (Lipinski definition) is 7.